The van der Waals surface area contributed by atoms with Crippen molar-refractivity contribution in [3.8, 4) is 0 Å². The molecule has 96 valence electrons. The van der Waals surface area contributed by atoms with Gasteiger partial charge in [-0.15, -0.1) is 11.3 Å². The van der Waals surface area contributed by atoms with Gasteiger partial charge >= 0.3 is 0 Å². The lowest BCUT2D eigenvalue weighted by atomic mass is 10.0. The van der Waals surface area contributed by atoms with Crippen LogP contribution in [0.2, 0.25) is 0 Å². The van der Waals surface area contributed by atoms with E-state index >= 15 is 0 Å². The topological polar surface area (TPSA) is 15.3 Å². The Morgan fingerprint density at radius 3 is 2.67 bits per heavy atom. The van der Waals surface area contributed by atoms with Gasteiger partial charge in [0, 0.05) is 24.7 Å². The Bertz CT molecular complexity index is 477. The van der Waals surface area contributed by atoms with E-state index in [4.69, 9.17) is 0 Å². The largest absolute Gasteiger partial charge is 0.378 e. The second-order valence-corrected chi connectivity index (χ2v) is 5.47. The lowest BCUT2D eigenvalue weighted by Crippen LogP contribution is -2.21. The number of nitrogens with one attached hydrogen (secondary N) is 1. The SMILES string of the molecule is CCNC(c1cccc(N(C)C)c1)c1cccs1. The van der Waals surface area contributed by atoms with E-state index in [-0.39, 0.29) is 0 Å². The molecule has 0 radical (unpaired) electrons. The van der Waals surface area contributed by atoms with Crippen LogP contribution in [-0.2, 0) is 0 Å². The first-order valence-electron chi connectivity index (χ1n) is 6.26. The third kappa shape index (κ3) is 2.92. The van der Waals surface area contributed by atoms with Crippen LogP contribution >= 0.6 is 11.3 Å². The molecule has 0 aliphatic heterocycles. The third-order valence-corrected chi connectivity index (χ3v) is 3.89. The highest BCUT2D eigenvalue weighted by atomic mass is 32.1. The fourth-order valence-corrected chi connectivity index (χ4v) is 2.85. The molecule has 3 heteroatoms. The van der Waals surface area contributed by atoms with Crippen LogP contribution < -0.4 is 10.2 Å². The molecule has 0 fully saturated rings. The maximum atomic E-state index is 3.56. The Hall–Kier alpha value is -1.32. The highest BCUT2D eigenvalue weighted by Gasteiger charge is 2.14. The number of nitrogens with zero attached hydrogens (tertiary/aromatic N) is 1. The van der Waals surface area contributed by atoms with Crippen LogP contribution in [0.1, 0.15) is 23.4 Å². The normalized spacial score (nSPS) is 12.4. The Labute approximate surface area is 113 Å². The summed E-state index contributed by atoms with van der Waals surface area (Å²) in [6, 6.07) is 13.3. The summed E-state index contributed by atoms with van der Waals surface area (Å²) < 4.78 is 0. The molecule has 0 aliphatic carbocycles. The third-order valence-electron chi connectivity index (χ3n) is 2.96. The van der Waals surface area contributed by atoms with Crippen LogP contribution in [0.5, 0.6) is 0 Å². The van der Waals surface area contributed by atoms with E-state index in [9.17, 15) is 0 Å². The molecule has 0 amide bonds. The quantitative estimate of drug-likeness (QED) is 0.885. The van der Waals surface area contributed by atoms with Gasteiger partial charge in [0.1, 0.15) is 0 Å². The van der Waals surface area contributed by atoms with Crippen molar-refractivity contribution in [3.05, 3.63) is 52.2 Å². The van der Waals surface area contributed by atoms with Crippen LogP contribution in [0, 0.1) is 0 Å². The molecule has 1 aromatic carbocycles. The monoisotopic (exact) mass is 260 g/mol. The van der Waals surface area contributed by atoms with Crippen molar-refractivity contribution in [2.75, 3.05) is 25.5 Å². The van der Waals surface area contributed by atoms with Gasteiger partial charge in [-0.25, -0.2) is 0 Å². The van der Waals surface area contributed by atoms with Crippen LogP contribution in [0.25, 0.3) is 0 Å². The Morgan fingerprint density at radius 1 is 1.22 bits per heavy atom. The first kappa shape index (κ1) is 13.1. The summed E-state index contributed by atoms with van der Waals surface area (Å²) in [5.74, 6) is 0. The van der Waals surface area contributed by atoms with Crippen molar-refractivity contribution in [3.63, 3.8) is 0 Å². The van der Waals surface area contributed by atoms with E-state index in [2.05, 4.69) is 73.0 Å². The van der Waals surface area contributed by atoms with Gasteiger partial charge in [0.2, 0.25) is 0 Å². The van der Waals surface area contributed by atoms with Gasteiger partial charge in [-0.05, 0) is 35.7 Å². The first-order chi connectivity index (χ1) is 8.72. The zero-order valence-corrected chi connectivity index (χ0v) is 12.0. The average molecular weight is 260 g/mol. The summed E-state index contributed by atoms with van der Waals surface area (Å²) in [7, 11) is 4.15. The zero-order chi connectivity index (χ0) is 13.0. The van der Waals surface area contributed by atoms with Gasteiger partial charge in [-0.1, -0.05) is 25.1 Å². The molecular weight excluding hydrogens is 240 g/mol. The van der Waals surface area contributed by atoms with Crippen LogP contribution in [0.3, 0.4) is 0 Å². The van der Waals surface area contributed by atoms with Crippen LogP contribution in [0.4, 0.5) is 5.69 Å². The van der Waals surface area contributed by atoms with E-state index < -0.39 is 0 Å². The number of thiophene rings is 1. The van der Waals surface area contributed by atoms with Gasteiger partial charge in [-0.3, -0.25) is 0 Å². The van der Waals surface area contributed by atoms with Crippen molar-refractivity contribution in [2.45, 2.75) is 13.0 Å². The molecule has 1 unspecified atom stereocenters. The molecule has 1 N–H and O–H groups in total. The number of rotatable bonds is 5. The summed E-state index contributed by atoms with van der Waals surface area (Å²) in [5, 5.41) is 5.69. The van der Waals surface area contributed by atoms with Gasteiger partial charge < -0.3 is 10.2 Å². The average Bonchev–Trinajstić information content (AvgIpc) is 2.89. The minimum Gasteiger partial charge on any atom is -0.378 e. The molecule has 0 spiro atoms. The van der Waals surface area contributed by atoms with E-state index in [1.165, 1.54) is 16.1 Å². The standard InChI is InChI=1S/C15H20N2S/c1-4-16-15(14-9-6-10-18-14)12-7-5-8-13(11-12)17(2)3/h5-11,15-16H,4H2,1-3H3. The minimum atomic E-state index is 0.301. The maximum absolute atomic E-state index is 3.56. The van der Waals surface area contributed by atoms with Crippen molar-refractivity contribution >= 4 is 17.0 Å². The molecule has 1 aromatic heterocycles. The predicted molar refractivity (Wildman–Crippen MR) is 80.6 cm³/mol. The number of benzene rings is 1. The van der Waals surface area contributed by atoms with Gasteiger partial charge in [0.25, 0.3) is 0 Å². The van der Waals surface area contributed by atoms with E-state index in [0.717, 1.165) is 6.54 Å². The molecule has 18 heavy (non-hydrogen) atoms. The summed E-state index contributed by atoms with van der Waals surface area (Å²) in [5.41, 5.74) is 2.57. The van der Waals surface area contributed by atoms with Crippen molar-refractivity contribution < 1.29 is 0 Å². The molecule has 0 saturated heterocycles. The molecular formula is C15H20N2S. The van der Waals surface area contributed by atoms with E-state index in [1.807, 2.05) is 0 Å². The highest BCUT2D eigenvalue weighted by Crippen LogP contribution is 2.28. The number of hydrogen-bond donors (Lipinski definition) is 1. The second kappa shape index (κ2) is 6.03. The van der Waals surface area contributed by atoms with Crippen molar-refractivity contribution in [1.82, 2.24) is 5.32 Å². The van der Waals surface area contributed by atoms with Gasteiger partial charge in [0.15, 0.2) is 0 Å². The Balaban J connectivity index is 2.34. The minimum absolute atomic E-state index is 0.301. The summed E-state index contributed by atoms with van der Waals surface area (Å²) in [4.78, 5) is 3.51. The van der Waals surface area contributed by atoms with E-state index in [0.29, 0.717) is 6.04 Å². The fraction of sp³-hybridized carbons (Fsp3) is 0.333. The maximum Gasteiger partial charge on any atom is 0.0671 e. The van der Waals surface area contributed by atoms with Crippen LogP contribution in [0.15, 0.2) is 41.8 Å². The predicted octanol–water partition coefficient (Wildman–Crippen LogP) is 3.51. The molecule has 0 aliphatic rings. The smallest absolute Gasteiger partial charge is 0.0671 e. The molecule has 0 saturated carbocycles. The fourth-order valence-electron chi connectivity index (χ4n) is 2.02. The lowest BCUT2D eigenvalue weighted by molar-refractivity contribution is 0.639. The molecule has 1 heterocycles. The van der Waals surface area contributed by atoms with Gasteiger partial charge in [-0.2, -0.15) is 0 Å². The second-order valence-electron chi connectivity index (χ2n) is 4.50. The Kier molecular flexibility index (Phi) is 4.39. The van der Waals surface area contributed by atoms with Crippen molar-refractivity contribution in [1.29, 1.82) is 0 Å². The summed E-state index contributed by atoms with van der Waals surface area (Å²) >= 11 is 1.80. The van der Waals surface area contributed by atoms with E-state index in [1.54, 1.807) is 11.3 Å². The molecule has 2 aromatic rings. The molecule has 0 bridgehead atoms. The molecule has 2 rings (SSSR count). The summed E-state index contributed by atoms with van der Waals surface area (Å²) in [6.45, 7) is 3.12. The first-order valence-corrected chi connectivity index (χ1v) is 7.14. The molecule has 1 atom stereocenters. The highest BCUT2D eigenvalue weighted by molar-refractivity contribution is 7.10. The van der Waals surface area contributed by atoms with Gasteiger partial charge in [0.05, 0.1) is 6.04 Å². The summed E-state index contributed by atoms with van der Waals surface area (Å²) in [6.07, 6.45) is 0. The van der Waals surface area contributed by atoms with Crippen LogP contribution in [-0.4, -0.2) is 20.6 Å². The lowest BCUT2D eigenvalue weighted by Gasteiger charge is -2.20. The zero-order valence-electron chi connectivity index (χ0n) is 11.2. The number of anilines is 1. The number of hydrogen-bond acceptors (Lipinski definition) is 3. The Morgan fingerprint density at radius 2 is 2.06 bits per heavy atom. The van der Waals surface area contributed by atoms with Crippen molar-refractivity contribution in [2.24, 2.45) is 0 Å². The molecule has 2 nitrogen and oxygen atoms in total.